The predicted molar refractivity (Wildman–Crippen MR) is 55.0 cm³/mol. The monoisotopic (exact) mass is 175 g/mol. The van der Waals surface area contributed by atoms with Gasteiger partial charge in [-0.05, 0) is 18.1 Å². The SMILES string of the molecule is CNC(=S)C#Cc1ccccc1. The van der Waals surface area contributed by atoms with Crippen LogP contribution >= 0.6 is 12.2 Å². The largest absolute Gasteiger partial charge is 0.372 e. The summed E-state index contributed by atoms with van der Waals surface area (Å²) in [5, 5.41) is 2.79. The second-order valence-electron chi connectivity index (χ2n) is 2.20. The van der Waals surface area contributed by atoms with Crippen LogP contribution in [-0.4, -0.2) is 12.0 Å². The van der Waals surface area contributed by atoms with E-state index in [0.29, 0.717) is 4.99 Å². The number of benzene rings is 1. The molecule has 0 bridgehead atoms. The number of hydrogen-bond acceptors (Lipinski definition) is 1. The summed E-state index contributed by atoms with van der Waals surface area (Å²) < 4.78 is 0. The average molecular weight is 175 g/mol. The van der Waals surface area contributed by atoms with Gasteiger partial charge in [-0.1, -0.05) is 36.3 Å². The number of nitrogens with one attached hydrogen (secondary N) is 1. The lowest BCUT2D eigenvalue weighted by molar-refractivity contribution is 1.22. The summed E-state index contributed by atoms with van der Waals surface area (Å²) in [5.41, 5.74) is 0.982. The van der Waals surface area contributed by atoms with Gasteiger partial charge < -0.3 is 5.32 Å². The van der Waals surface area contributed by atoms with Gasteiger partial charge in [-0.3, -0.25) is 0 Å². The zero-order valence-electron chi connectivity index (χ0n) is 6.79. The van der Waals surface area contributed by atoms with Gasteiger partial charge in [-0.2, -0.15) is 0 Å². The maximum Gasteiger partial charge on any atom is 0.150 e. The van der Waals surface area contributed by atoms with E-state index in [1.54, 1.807) is 7.05 Å². The van der Waals surface area contributed by atoms with Gasteiger partial charge in [0.2, 0.25) is 0 Å². The summed E-state index contributed by atoms with van der Waals surface area (Å²) >= 11 is 4.87. The molecule has 0 saturated heterocycles. The molecule has 0 fully saturated rings. The quantitative estimate of drug-likeness (QED) is 0.474. The van der Waals surface area contributed by atoms with E-state index in [9.17, 15) is 0 Å². The van der Waals surface area contributed by atoms with E-state index >= 15 is 0 Å². The van der Waals surface area contributed by atoms with E-state index in [-0.39, 0.29) is 0 Å². The third-order valence-corrected chi connectivity index (χ3v) is 1.63. The van der Waals surface area contributed by atoms with E-state index in [0.717, 1.165) is 5.56 Å². The first-order valence-electron chi connectivity index (χ1n) is 3.61. The van der Waals surface area contributed by atoms with Crippen LogP contribution in [0.1, 0.15) is 5.56 Å². The fourth-order valence-corrected chi connectivity index (χ4v) is 0.764. The Morgan fingerprint density at radius 1 is 1.33 bits per heavy atom. The molecule has 1 rings (SSSR count). The molecule has 0 amide bonds. The van der Waals surface area contributed by atoms with Crippen molar-refractivity contribution in [3.63, 3.8) is 0 Å². The molecule has 60 valence electrons. The Morgan fingerprint density at radius 2 is 2.00 bits per heavy atom. The van der Waals surface area contributed by atoms with Crippen LogP contribution in [-0.2, 0) is 0 Å². The van der Waals surface area contributed by atoms with Gasteiger partial charge in [0.15, 0.2) is 4.99 Å². The van der Waals surface area contributed by atoms with Crippen molar-refractivity contribution in [3.8, 4) is 11.8 Å². The van der Waals surface area contributed by atoms with Crippen LogP contribution < -0.4 is 5.32 Å². The molecular weight excluding hydrogens is 166 g/mol. The van der Waals surface area contributed by atoms with Crippen LogP contribution in [0, 0.1) is 11.8 Å². The summed E-state index contributed by atoms with van der Waals surface area (Å²) in [6.07, 6.45) is 0. The highest BCUT2D eigenvalue weighted by Crippen LogP contribution is 1.94. The second kappa shape index (κ2) is 4.53. The van der Waals surface area contributed by atoms with Gasteiger partial charge >= 0.3 is 0 Å². The van der Waals surface area contributed by atoms with Crippen molar-refractivity contribution < 1.29 is 0 Å². The molecule has 0 aliphatic heterocycles. The Kier molecular flexibility index (Phi) is 3.31. The molecule has 0 unspecified atom stereocenters. The van der Waals surface area contributed by atoms with Crippen molar-refractivity contribution in [2.24, 2.45) is 0 Å². The van der Waals surface area contributed by atoms with Gasteiger partial charge in [0.05, 0.1) is 0 Å². The van der Waals surface area contributed by atoms with Gasteiger partial charge in [0.1, 0.15) is 0 Å². The first kappa shape index (κ1) is 8.76. The smallest absolute Gasteiger partial charge is 0.150 e. The third-order valence-electron chi connectivity index (χ3n) is 1.32. The number of thiocarbonyl (C=S) groups is 1. The van der Waals surface area contributed by atoms with Crippen molar-refractivity contribution in [1.82, 2.24) is 5.32 Å². The van der Waals surface area contributed by atoms with Crippen molar-refractivity contribution >= 4 is 17.2 Å². The fraction of sp³-hybridized carbons (Fsp3) is 0.100. The van der Waals surface area contributed by atoms with Crippen LogP contribution in [0.5, 0.6) is 0 Å². The molecule has 0 radical (unpaired) electrons. The Bertz CT molecular complexity index is 319. The molecule has 12 heavy (non-hydrogen) atoms. The highest BCUT2D eigenvalue weighted by molar-refractivity contribution is 7.80. The summed E-state index contributed by atoms with van der Waals surface area (Å²) in [7, 11) is 1.77. The Morgan fingerprint density at radius 3 is 2.58 bits per heavy atom. The van der Waals surface area contributed by atoms with Gasteiger partial charge in [-0.25, -0.2) is 0 Å². The molecule has 1 aromatic carbocycles. The lowest BCUT2D eigenvalue weighted by atomic mass is 10.2. The second-order valence-corrected chi connectivity index (χ2v) is 2.60. The Labute approximate surface area is 77.8 Å². The molecular formula is C10H9NS. The van der Waals surface area contributed by atoms with Crippen LogP contribution in [0.2, 0.25) is 0 Å². The van der Waals surface area contributed by atoms with Crippen LogP contribution in [0.25, 0.3) is 0 Å². The molecule has 1 nitrogen and oxygen atoms in total. The summed E-state index contributed by atoms with van der Waals surface area (Å²) in [6.45, 7) is 0. The maximum atomic E-state index is 4.87. The molecule has 0 atom stereocenters. The summed E-state index contributed by atoms with van der Waals surface area (Å²) in [4.78, 5) is 0.568. The van der Waals surface area contributed by atoms with Crippen LogP contribution in [0.3, 0.4) is 0 Å². The molecule has 0 heterocycles. The maximum absolute atomic E-state index is 4.87. The normalized spacial score (nSPS) is 8.08. The fourth-order valence-electron chi connectivity index (χ4n) is 0.713. The molecule has 0 aromatic heterocycles. The first-order chi connectivity index (χ1) is 5.83. The standard InChI is InChI=1S/C10H9NS/c1-11-10(12)8-7-9-5-3-2-4-6-9/h2-6H,1H3,(H,11,12). The summed E-state index contributed by atoms with van der Waals surface area (Å²) in [6, 6.07) is 9.76. The van der Waals surface area contributed by atoms with Gasteiger partial charge in [0.25, 0.3) is 0 Å². The minimum Gasteiger partial charge on any atom is -0.372 e. The van der Waals surface area contributed by atoms with E-state index in [4.69, 9.17) is 12.2 Å². The number of rotatable bonds is 0. The van der Waals surface area contributed by atoms with Crippen molar-refractivity contribution in [2.75, 3.05) is 7.05 Å². The predicted octanol–water partition coefficient (Wildman–Crippen LogP) is 1.58. The lowest BCUT2D eigenvalue weighted by Gasteiger charge is -1.89. The molecule has 0 spiro atoms. The minimum absolute atomic E-state index is 0.568. The molecule has 1 aromatic rings. The topological polar surface area (TPSA) is 12.0 Å². The molecule has 0 saturated carbocycles. The lowest BCUT2D eigenvalue weighted by Crippen LogP contribution is -2.12. The summed E-state index contributed by atoms with van der Waals surface area (Å²) in [5.74, 6) is 5.76. The highest BCUT2D eigenvalue weighted by atomic mass is 32.1. The highest BCUT2D eigenvalue weighted by Gasteiger charge is 1.83. The van der Waals surface area contributed by atoms with Crippen molar-refractivity contribution in [3.05, 3.63) is 35.9 Å². The average Bonchev–Trinajstić information content (AvgIpc) is 2.16. The van der Waals surface area contributed by atoms with Crippen LogP contribution in [0.15, 0.2) is 30.3 Å². The minimum atomic E-state index is 0.568. The number of hydrogen-bond donors (Lipinski definition) is 1. The first-order valence-corrected chi connectivity index (χ1v) is 4.02. The molecule has 0 aliphatic carbocycles. The molecule has 1 N–H and O–H groups in total. The zero-order chi connectivity index (χ0) is 8.81. The van der Waals surface area contributed by atoms with Gasteiger partial charge in [-0.15, -0.1) is 0 Å². The van der Waals surface area contributed by atoms with E-state index in [2.05, 4.69) is 17.2 Å². The van der Waals surface area contributed by atoms with Crippen molar-refractivity contribution in [2.45, 2.75) is 0 Å². The van der Waals surface area contributed by atoms with Crippen molar-refractivity contribution in [1.29, 1.82) is 0 Å². The third kappa shape index (κ3) is 2.73. The van der Waals surface area contributed by atoms with Crippen LogP contribution in [0.4, 0.5) is 0 Å². The van der Waals surface area contributed by atoms with E-state index in [1.165, 1.54) is 0 Å². The Balaban J connectivity index is 2.74. The van der Waals surface area contributed by atoms with E-state index < -0.39 is 0 Å². The zero-order valence-corrected chi connectivity index (χ0v) is 7.61. The van der Waals surface area contributed by atoms with Gasteiger partial charge in [0, 0.05) is 12.6 Å². The molecule has 0 aliphatic rings. The van der Waals surface area contributed by atoms with E-state index in [1.807, 2.05) is 30.3 Å². The Hall–Kier alpha value is -1.33. The molecule has 2 heteroatoms.